The van der Waals surface area contributed by atoms with Crippen LogP contribution in [-0.4, -0.2) is 61.7 Å². The van der Waals surface area contributed by atoms with Crippen LogP contribution in [0.25, 0.3) is 33.8 Å². The number of hydrogen-bond acceptors (Lipinski definition) is 7. The summed E-state index contributed by atoms with van der Waals surface area (Å²) in [5.41, 5.74) is 3.35. The van der Waals surface area contributed by atoms with Gasteiger partial charge in [0.05, 0.1) is 35.3 Å². The average Bonchev–Trinajstić information content (AvgIpc) is 3.67. The molecule has 1 unspecified atom stereocenters. The summed E-state index contributed by atoms with van der Waals surface area (Å²) in [7, 11) is 2.12. The standard InChI is InChI=1S/C29H35ClN8O3/c1-4-32-27(39)23-6-5-11-38(23,3)28-34-21-13-22(26-35-29(40)41-36-26)33-24(19-12-20(30)15-31-14-19)25(21)37(28)16-18-9-7-17(2)8-10-18/h12-15,17-18,23H,4-11,16H2,1-3H3,(H-,32,35,36,39,40)/p+1/t17-,18-,23-,38?/m0/s1. The fourth-order valence-corrected chi connectivity index (χ4v) is 6.83. The Morgan fingerprint density at radius 1 is 1.20 bits per heavy atom. The minimum atomic E-state index is -0.662. The molecule has 1 aliphatic carbocycles. The van der Waals surface area contributed by atoms with Crippen molar-refractivity contribution >= 4 is 34.5 Å². The summed E-state index contributed by atoms with van der Waals surface area (Å²) >= 11 is 6.39. The van der Waals surface area contributed by atoms with E-state index in [-0.39, 0.29) is 17.8 Å². The van der Waals surface area contributed by atoms with Gasteiger partial charge in [-0.25, -0.2) is 9.78 Å². The van der Waals surface area contributed by atoms with Gasteiger partial charge in [-0.1, -0.05) is 36.5 Å². The Hall–Kier alpha value is -3.57. The number of amides is 1. The van der Waals surface area contributed by atoms with Crippen molar-refractivity contribution in [2.75, 3.05) is 20.1 Å². The van der Waals surface area contributed by atoms with Crippen LogP contribution in [0.3, 0.4) is 0 Å². The number of nitrogens with one attached hydrogen (secondary N) is 2. The maximum atomic E-state index is 13.3. The average molecular weight is 580 g/mol. The van der Waals surface area contributed by atoms with Gasteiger partial charge in [0.1, 0.15) is 5.69 Å². The van der Waals surface area contributed by atoms with Gasteiger partial charge in [0, 0.05) is 43.9 Å². The number of aromatic nitrogens is 6. The van der Waals surface area contributed by atoms with Gasteiger partial charge in [-0.3, -0.25) is 28.3 Å². The predicted molar refractivity (Wildman–Crippen MR) is 157 cm³/mol. The highest BCUT2D eigenvalue weighted by Crippen LogP contribution is 2.40. The Morgan fingerprint density at radius 3 is 2.71 bits per heavy atom. The van der Waals surface area contributed by atoms with Gasteiger partial charge in [0.15, 0.2) is 6.04 Å². The Kier molecular flexibility index (Phi) is 7.41. The molecule has 41 heavy (non-hydrogen) atoms. The Morgan fingerprint density at radius 2 is 2.00 bits per heavy atom. The zero-order valence-electron chi connectivity index (χ0n) is 23.7. The Labute approximate surface area is 242 Å². The topological polar surface area (TPSA) is 132 Å². The molecule has 1 aliphatic heterocycles. The molecule has 11 nitrogen and oxygen atoms in total. The highest BCUT2D eigenvalue weighted by Gasteiger charge is 2.48. The van der Waals surface area contributed by atoms with Gasteiger partial charge in [-0.2, -0.15) is 4.98 Å². The van der Waals surface area contributed by atoms with Crippen molar-refractivity contribution in [1.29, 1.82) is 0 Å². The minimum absolute atomic E-state index is 0.0517. The number of likely N-dealkylation sites (tertiary alicyclic amines) is 1. The van der Waals surface area contributed by atoms with Gasteiger partial charge in [-0.05, 0) is 43.7 Å². The number of rotatable bonds is 7. The number of halogens is 1. The number of quaternary nitrogens is 1. The Balaban J connectivity index is 1.60. The third-order valence-electron chi connectivity index (χ3n) is 8.84. The monoisotopic (exact) mass is 579 g/mol. The van der Waals surface area contributed by atoms with Crippen LogP contribution in [0.4, 0.5) is 5.95 Å². The van der Waals surface area contributed by atoms with E-state index in [1.54, 1.807) is 12.4 Å². The highest BCUT2D eigenvalue weighted by atomic mass is 35.5. The van der Waals surface area contributed by atoms with Crippen LogP contribution in [0.5, 0.6) is 0 Å². The molecule has 216 valence electrons. The van der Waals surface area contributed by atoms with E-state index in [1.165, 1.54) is 12.8 Å². The largest absolute Gasteiger partial charge is 0.439 e. The number of H-pyrrole nitrogens is 1. The molecule has 2 fully saturated rings. The lowest BCUT2D eigenvalue weighted by Gasteiger charge is -2.34. The summed E-state index contributed by atoms with van der Waals surface area (Å²) in [6, 6.07) is 3.42. The number of likely N-dealkylation sites (N-methyl/N-ethyl adjacent to an activating group) is 2. The lowest BCUT2D eigenvalue weighted by molar-refractivity contribution is -0.124. The van der Waals surface area contributed by atoms with Gasteiger partial charge in [0.2, 0.25) is 5.82 Å². The molecule has 0 spiro atoms. The van der Waals surface area contributed by atoms with Gasteiger partial charge in [-0.15, -0.1) is 0 Å². The number of hydrogen-bond donors (Lipinski definition) is 2. The summed E-state index contributed by atoms with van der Waals surface area (Å²) in [4.78, 5) is 42.3. The first kappa shape index (κ1) is 27.6. The van der Waals surface area contributed by atoms with Crippen LogP contribution >= 0.6 is 11.6 Å². The van der Waals surface area contributed by atoms with Crippen molar-refractivity contribution in [2.24, 2.45) is 11.8 Å². The third kappa shape index (κ3) is 5.17. The number of aromatic amines is 1. The second-order valence-corrected chi connectivity index (χ2v) is 12.2. The van der Waals surface area contributed by atoms with Crippen molar-refractivity contribution in [3.8, 4) is 22.8 Å². The van der Waals surface area contributed by atoms with Crippen molar-refractivity contribution in [3.63, 3.8) is 0 Å². The smallest absolute Gasteiger partial charge is 0.351 e. The second kappa shape index (κ2) is 11.0. The molecule has 0 radical (unpaired) electrons. The van der Waals surface area contributed by atoms with Crippen LogP contribution in [0.15, 0.2) is 33.8 Å². The molecule has 5 heterocycles. The summed E-state index contributed by atoms with van der Waals surface area (Å²) in [6.07, 6.45) is 9.72. The predicted octanol–water partition coefficient (Wildman–Crippen LogP) is 4.55. The van der Waals surface area contributed by atoms with Crippen LogP contribution in [-0.2, 0) is 11.3 Å². The number of fused-ring (bicyclic) bond motifs is 1. The molecular weight excluding hydrogens is 544 g/mol. The van der Waals surface area contributed by atoms with E-state index in [9.17, 15) is 9.59 Å². The van der Waals surface area contributed by atoms with E-state index in [4.69, 9.17) is 26.1 Å². The lowest BCUT2D eigenvalue weighted by Crippen LogP contribution is -2.57. The van der Waals surface area contributed by atoms with E-state index < -0.39 is 5.76 Å². The van der Waals surface area contributed by atoms with E-state index in [1.807, 2.05) is 19.1 Å². The molecule has 6 rings (SSSR count). The maximum Gasteiger partial charge on any atom is 0.439 e. The number of nitrogens with zero attached hydrogens (tertiary/aromatic N) is 6. The molecule has 2 aliphatic rings. The molecule has 2 N–H and O–H groups in total. The molecule has 4 aromatic heterocycles. The number of imidazole rings is 1. The summed E-state index contributed by atoms with van der Waals surface area (Å²) in [5, 5.41) is 7.42. The van der Waals surface area contributed by atoms with Crippen molar-refractivity contribution in [3.05, 3.63) is 40.1 Å². The second-order valence-electron chi connectivity index (χ2n) is 11.8. The van der Waals surface area contributed by atoms with Crippen molar-refractivity contribution in [2.45, 2.75) is 65.0 Å². The number of pyridine rings is 2. The summed E-state index contributed by atoms with van der Waals surface area (Å²) in [6.45, 7) is 6.44. The number of carbonyl (C=O) groups is 1. The zero-order chi connectivity index (χ0) is 28.7. The quantitative estimate of drug-likeness (QED) is 0.307. The van der Waals surface area contributed by atoms with Crippen molar-refractivity contribution < 1.29 is 9.32 Å². The maximum absolute atomic E-state index is 13.3. The van der Waals surface area contributed by atoms with Gasteiger partial charge >= 0.3 is 11.7 Å². The fraction of sp³-hybridized carbons (Fsp3) is 0.517. The van der Waals surface area contributed by atoms with Crippen LogP contribution < -0.4 is 15.6 Å². The normalized spacial score (nSPS) is 24.6. The van der Waals surface area contributed by atoms with E-state index in [0.717, 1.165) is 61.7 Å². The first-order valence-corrected chi connectivity index (χ1v) is 14.9. The van der Waals surface area contributed by atoms with Crippen LogP contribution in [0, 0.1) is 11.8 Å². The molecule has 0 aromatic carbocycles. The molecule has 4 aromatic rings. The lowest BCUT2D eigenvalue weighted by atomic mass is 9.83. The summed E-state index contributed by atoms with van der Waals surface area (Å²) < 4.78 is 7.49. The Bertz CT molecular complexity index is 1640. The first-order valence-electron chi connectivity index (χ1n) is 14.5. The molecule has 12 heteroatoms. The third-order valence-corrected chi connectivity index (χ3v) is 9.05. The fourth-order valence-electron chi connectivity index (χ4n) is 6.66. The minimum Gasteiger partial charge on any atom is -0.351 e. The van der Waals surface area contributed by atoms with Gasteiger partial charge < -0.3 is 5.32 Å². The summed E-state index contributed by atoms with van der Waals surface area (Å²) in [5.74, 6) is 1.67. The molecular formula is C29H36ClN8O3+. The molecule has 1 saturated heterocycles. The van der Waals surface area contributed by atoms with E-state index in [2.05, 4.69) is 39.0 Å². The van der Waals surface area contributed by atoms with Gasteiger partial charge in [0.25, 0.3) is 5.91 Å². The SMILES string of the molecule is CCNC(=O)[C@@H]1CCC[N+]1(C)c1nc2cc(-c3noc(=O)[nH]3)nc(-c3cncc(Cl)c3)c2n1C[C@H]1CC[C@H](C)CC1. The number of carbonyl (C=O) groups excluding carboxylic acids is 1. The van der Waals surface area contributed by atoms with Crippen LogP contribution in [0.2, 0.25) is 5.02 Å². The van der Waals surface area contributed by atoms with E-state index in [0.29, 0.717) is 38.9 Å². The first-order chi connectivity index (χ1) is 19.8. The molecule has 1 saturated carbocycles. The molecule has 2 atom stereocenters. The highest BCUT2D eigenvalue weighted by molar-refractivity contribution is 6.30. The molecule has 1 amide bonds. The van der Waals surface area contributed by atoms with Crippen LogP contribution in [0.1, 0.15) is 52.4 Å². The van der Waals surface area contributed by atoms with E-state index >= 15 is 0 Å². The van der Waals surface area contributed by atoms with Crippen molar-refractivity contribution in [1.82, 2.24) is 39.5 Å². The molecule has 0 bridgehead atoms. The zero-order valence-corrected chi connectivity index (χ0v) is 24.4.